The molecule has 6 heteroatoms. The zero-order valence-electron chi connectivity index (χ0n) is 15.2. The molecule has 2 N–H and O–H groups in total. The molecule has 138 valence electrons. The van der Waals surface area contributed by atoms with Crippen molar-refractivity contribution in [2.45, 2.75) is 13.0 Å². The highest BCUT2D eigenvalue weighted by atomic mass is 16.5. The van der Waals surface area contributed by atoms with Crippen molar-refractivity contribution >= 4 is 11.7 Å². The molecule has 1 aromatic carbocycles. The highest BCUT2D eigenvalue weighted by Gasteiger charge is 2.07. The van der Waals surface area contributed by atoms with Crippen molar-refractivity contribution in [1.29, 1.82) is 0 Å². The van der Waals surface area contributed by atoms with Crippen LogP contribution in [0.4, 0.5) is 5.82 Å². The first-order valence-corrected chi connectivity index (χ1v) is 8.74. The molecule has 0 saturated carbocycles. The highest BCUT2D eigenvalue weighted by molar-refractivity contribution is 5.94. The number of carbonyl (C=O) groups is 1. The maximum Gasteiger partial charge on any atom is 0.251 e. The Balaban J connectivity index is 1.52. The monoisotopic (exact) mass is 362 g/mol. The number of methoxy groups -OCH3 is 1. The molecular weight excluding hydrogens is 340 g/mol. The number of anilines is 1. The number of pyridine rings is 2. The van der Waals surface area contributed by atoms with Crippen LogP contribution in [-0.4, -0.2) is 29.5 Å². The number of hydrogen-bond acceptors (Lipinski definition) is 5. The minimum Gasteiger partial charge on any atom is -0.497 e. The number of benzene rings is 1. The number of hydrogen-bond donors (Lipinski definition) is 2. The van der Waals surface area contributed by atoms with E-state index in [9.17, 15) is 4.79 Å². The van der Waals surface area contributed by atoms with Gasteiger partial charge in [0.1, 0.15) is 11.6 Å². The van der Waals surface area contributed by atoms with E-state index in [4.69, 9.17) is 4.74 Å². The number of nitrogens with zero attached hydrogens (tertiary/aromatic N) is 2. The summed E-state index contributed by atoms with van der Waals surface area (Å²) >= 11 is 0. The van der Waals surface area contributed by atoms with E-state index in [-0.39, 0.29) is 5.91 Å². The Morgan fingerprint density at radius 1 is 1.04 bits per heavy atom. The molecule has 27 heavy (non-hydrogen) atoms. The Bertz CT molecular complexity index is 884. The van der Waals surface area contributed by atoms with Crippen molar-refractivity contribution in [2.24, 2.45) is 0 Å². The van der Waals surface area contributed by atoms with Gasteiger partial charge in [-0.2, -0.15) is 0 Å². The smallest absolute Gasteiger partial charge is 0.251 e. The van der Waals surface area contributed by atoms with Crippen LogP contribution < -0.4 is 15.4 Å². The first kappa shape index (κ1) is 18.4. The number of rotatable bonds is 8. The number of aromatic nitrogens is 2. The minimum absolute atomic E-state index is 0.134. The molecule has 0 atom stereocenters. The summed E-state index contributed by atoms with van der Waals surface area (Å²) in [5.41, 5.74) is 2.75. The summed E-state index contributed by atoms with van der Waals surface area (Å²) in [5.74, 6) is 1.39. The Morgan fingerprint density at radius 2 is 1.89 bits per heavy atom. The first-order valence-electron chi connectivity index (χ1n) is 8.74. The standard InChI is InChI=1S/C21H22N4O2/c1-27-19-4-2-3-16(13-19)7-11-23-20-14-18(8-12-24-20)21(26)25-15-17-5-9-22-10-6-17/h2-6,8-10,12-14H,7,11,15H2,1H3,(H,23,24)(H,25,26). The van der Waals surface area contributed by atoms with E-state index >= 15 is 0 Å². The van der Waals surface area contributed by atoms with Crippen molar-refractivity contribution < 1.29 is 9.53 Å². The van der Waals surface area contributed by atoms with Crippen LogP contribution >= 0.6 is 0 Å². The minimum atomic E-state index is -0.134. The number of amides is 1. The average Bonchev–Trinajstić information content (AvgIpc) is 2.73. The molecule has 0 unspecified atom stereocenters. The molecule has 0 saturated heterocycles. The summed E-state index contributed by atoms with van der Waals surface area (Å²) in [7, 11) is 1.66. The van der Waals surface area contributed by atoms with Gasteiger partial charge in [0.2, 0.25) is 0 Å². The van der Waals surface area contributed by atoms with E-state index in [2.05, 4.69) is 26.7 Å². The molecule has 3 rings (SSSR count). The normalized spacial score (nSPS) is 10.3. The maximum atomic E-state index is 12.3. The van der Waals surface area contributed by atoms with E-state index in [0.717, 1.165) is 17.7 Å². The van der Waals surface area contributed by atoms with E-state index in [1.54, 1.807) is 37.8 Å². The van der Waals surface area contributed by atoms with Gasteiger partial charge in [-0.1, -0.05) is 12.1 Å². The predicted octanol–water partition coefficient (Wildman–Crippen LogP) is 3.07. The summed E-state index contributed by atoms with van der Waals surface area (Å²) in [4.78, 5) is 20.6. The Morgan fingerprint density at radius 3 is 2.70 bits per heavy atom. The van der Waals surface area contributed by atoms with E-state index in [1.165, 1.54) is 5.56 Å². The number of ether oxygens (including phenoxy) is 1. The van der Waals surface area contributed by atoms with Gasteiger partial charge >= 0.3 is 0 Å². The van der Waals surface area contributed by atoms with Crippen LogP contribution in [0.5, 0.6) is 5.75 Å². The molecule has 0 spiro atoms. The Labute approximate surface area is 158 Å². The van der Waals surface area contributed by atoms with Gasteiger partial charge in [0, 0.05) is 37.2 Å². The molecule has 0 bridgehead atoms. The van der Waals surface area contributed by atoms with E-state index in [1.807, 2.05) is 30.3 Å². The van der Waals surface area contributed by atoms with Crippen molar-refractivity contribution in [3.05, 3.63) is 83.8 Å². The molecule has 3 aromatic rings. The number of carbonyl (C=O) groups excluding carboxylic acids is 1. The molecule has 0 fully saturated rings. The lowest BCUT2D eigenvalue weighted by atomic mass is 10.1. The third-order valence-electron chi connectivity index (χ3n) is 4.08. The van der Waals surface area contributed by atoms with Gasteiger partial charge in [-0.05, 0) is 53.9 Å². The van der Waals surface area contributed by atoms with Gasteiger partial charge in [-0.15, -0.1) is 0 Å². The van der Waals surface area contributed by atoms with Crippen LogP contribution in [0.2, 0.25) is 0 Å². The fraction of sp³-hybridized carbons (Fsp3) is 0.190. The fourth-order valence-electron chi connectivity index (χ4n) is 2.62. The van der Waals surface area contributed by atoms with Crippen molar-refractivity contribution in [3.8, 4) is 5.75 Å². The van der Waals surface area contributed by atoms with Gasteiger partial charge in [0.05, 0.1) is 7.11 Å². The van der Waals surface area contributed by atoms with Gasteiger partial charge < -0.3 is 15.4 Å². The maximum absolute atomic E-state index is 12.3. The lowest BCUT2D eigenvalue weighted by Crippen LogP contribution is -2.23. The van der Waals surface area contributed by atoms with Gasteiger partial charge in [-0.25, -0.2) is 4.98 Å². The summed E-state index contributed by atoms with van der Waals surface area (Å²) < 4.78 is 5.24. The van der Waals surface area contributed by atoms with Crippen LogP contribution in [0.3, 0.4) is 0 Å². The second kappa shape index (κ2) is 9.33. The van der Waals surface area contributed by atoms with Crippen LogP contribution in [0.15, 0.2) is 67.1 Å². The van der Waals surface area contributed by atoms with Crippen LogP contribution in [-0.2, 0) is 13.0 Å². The molecule has 0 aliphatic carbocycles. The van der Waals surface area contributed by atoms with Crippen molar-refractivity contribution in [3.63, 3.8) is 0 Å². The highest BCUT2D eigenvalue weighted by Crippen LogP contribution is 2.13. The topological polar surface area (TPSA) is 76.1 Å². The molecule has 2 aromatic heterocycles. The Hall–Kier alpha value is -3.41. The third-order valence-corrected chi connectivity index (χ3v) is 4.08. The largest absolute Gasteiger partial charge is 0.497 e. The lowest BCUT2D eigenvalue weighted by Gasteiger charge is -2.09. The van der Waals surface area contributed by atoms with Crippen LogP contribution in [0.1, 0.15) is 21.5 Å². The van der Waals surface area contributed by atoms with E-state index in [0.29, 0.717) is 24.5 Å². The summed E-state index contributed by atoms with van der Waals surface area (Å²) in [5, 5.41) is 6.16. The lowest BCUT2D eigenvalue weighted by molar-refractivity contribution is 0.0951. The molecule has 0 aliphatic heterocycles. The van der Waals surface area contributed by atoms with Gasteiger partial charge in [-0.3, -0.25) is 9.78 Å². The fourth-order valence-corrected chi connectivity index (χ4v) is 2.62. The van der Waals surface area contributed by atoms with Gasteiger partial charge in [0.25, 0.3) is 5.91 Å². The quantitative estimate of drug-likeness (QED) is 0.644. The Kier molecular flexibility index (Phi) is 6.35. The molecular formula is C21H22N4O2. The molecule has 0 radical (unpaired) electrons. The zero-order chi connectivity index (χ0) is 18.9. The summed E-state index contributed by atoms with van der Waals surface area (Å²) in [6.45, 7) is 1.17. The predicted molar refractivity (Wildman–Crippen MR) is 105 cm³/mol. The number of nitrogens with one attached hydrogen (secondary N) is 2. The molecule has 2 heterocycles. The zero-order valence-corrected chi connectivity index (χ0v) is 15.2. The van der Waals surface area contributed by atoms with Crippen LogP contribution in [0.25, 0.3) is 0 Å². The average molecular weight is 362 g/mol. The summed E-state index contributed by atoms with van der Waals surface area (Å²) in [6.07, 6.45) is 5.88. The second-order valence-corrected chi connectivity index (χ2v) is 6.00. The second-order valence-electron chi connectivity index (χ2n) is 6.00. The molecule has 1 amide bonds. The third kappa shape index (κ3) is 5.54. The van der Waals surface area contributed by atoms with Crippen LogP contribution in [0, 0.1) is 0 Å². The molecule has 6 nitrogen and oxygen atoms in total. The summed E-state index contributed by atoms with van der Waals surface area (Å²) in [6, 6.07) is 15.2. The SMILES string of the molecule is COc1cccc(CCNc2cc(C(=O)NCc3ccncc3)ccn2)c1. The van der Waals surface area contributed by atoms with Crippen molar-refractivity contribution in [2.75, 3.05) is 19.0 Å². The van der Waals surface area contributed by atoms with Crippen molar-refractivity contribution in [1.82, 2.24) is 15.3 Å². The van der Waals surface area contributed by atoms with Gasteiger partial charge in [0.15, 0.2) is 0 Å². The first-order chi connectivity index (χ1) is 13.2. The molecule has 0 aliphatic rings. The van der Waals surface area contributed by atoms with E-state index < -0.39 is 0 Å².